The molecule has 0 saturated carbocycles. The number of phenols is 1. The molecule has 1 rings (SSSR count). The molecule has 23 heavy (non-hydrogen) atoms. The van der Waals surface area contributed by atoms with Gasteiger partial charge in [-0.1, -0.05) is 0 Å². The third kappa shape index (κ3) is 4.54. The number of carboxylic acids is 1. The molecule has 1 aromatic rings. The number of aromatic hydroxyl groups is 1. The summed E-state index contributed by atoms with van der Waals surface area (Å²) in [5.41, 5.74) is -0.795. The Kier molecular flexibility index (Phi) is 6.04. The molecule has 0 fully saturated rings. The molecule has 0 aliphatic heterocycles. The van der Waals surface area contributed by atoms with E-state index in [2.05, 4.69) is 4.74 Å². The topological polar surface area (TPSA) is 83.8 Å². The zero-order valence-corrected chi connectivity index (χ0v) is 14.8. The van der Waals surface area contributed by atoms with Crippen LogP contribution in [0.3, 0.4) is 0 Å². The predicted octanol–water partition coefficient (Wildman–Crippen LogP) is 3.41. The summed E-state index contributed by atoms with van der Waals surface area (Å²) in [6, 6.07) is 2.27. The predicted molar refractivity (Wildman–Crippen MR) is 81.4 cm³/mol. The normalized spacial score (nSPS) is 13.5. The first-order chi connectivity index (χ1) is 10.3. The third-order valence-corrected chi connectivity index (χ3v) is 3.83. The molecule has 0 saturated heterocycles. The summed E-state index contributed by atoms with van der Waals surface area (Å²) in [4.78, 5) is 22.0. The average Bonchev–Trinajstić information content (AvgIpc) is 2.38. The minimum atomic E-state index is -5.83. The highest BCUT2D eigenvalue weighted by Gasteiger charge is 2.63. The van der Waals surface area contributed by atoms with Gasteiger partial charge in [-0.15, -0.1) is 0 Å². The standard InChI is InChI=1S/C11H5F5I2O5/c12-10(13,9(21)22)8(11(14,15)16)23-7(20)4-1-3(17)2-5(18)6(4)19/h1-2,8,19H,(H,21,22). The van der Waals surface area contributed by atoms with Gasteiger partial charge in [0.25, 0.3) is 6.10 Å². The molecule has 1 unspecified atom stereocenters. The van der Waals surface area contributed by atoms with Crippen LogP contribution in [0, 0.1) is 7.14 Å². The molecule has 0 heterocycles. The van der Waals surface area contributed by atoms with E-state index in [0.29, 0.717) is 3.57 Å². The molecule has 0 amide bonds. The monoisotopic (exact) mass is 566 g/mol. The number of phenolic OH excluding ortho intramolecular Hbond substituents is 1. The van der Waals surface area contributed by atoms with Gasteiger partial charge in [-0.2, -0.15) is 22.0 Å². The van der Waals surface area contributed by atoms with E-state index in [1.54, 1.807) is 45.2 Å². The van der Waals surface area contributed by atoms with Crippen molar-refractivity contribution < 1.29 is 46.5 Å². The number of carbonyl (C=O) groups is 2. The summed E-state index contributed by atoms with van der Waals surface area (Å²) in [5.74, 6) is -11.2. The van der Waals surface area contributed by atoms with Crippen molar-refractivity contribution in [2.75, 3.05) is 0 Å². The van der Waals surface area contributed by atoms with Gasteiger partial charge in [0.05, 0.1) is 3.57 Å². The number of rotatable bonds is 4. The van der Waals surface area contributed by atoms with E-state index >= 15 is 0 Å². The number of hydrogen-bond acceptors (Lipinski definition) is 4. The Hall–Kier alpha value is -0.930. The van der Waals surface area contributed by atoms with Gasteiger partial charge in [-0.3, -0.25) is 0 Å². The van der Waals surface area contributed by atoms with Crippen LogP contribution in [0.2, 0.25) is 0 Å². The Morgan fingerprint density at radius 1 is 1.13 bits per heavy atom. The second-order valence-electron chi connectivity index (χ2n) is 4.04. The second-order valence-corrected chi connectivity index (χ2v) is 6.45. The first-order valence-corrected chi connectivity index (χ1v) is 7.51. The largest absolute Gasteiger partial charge is 0.506 e. The average molecular weight is 566 g/mol. The Morgan fingerprint density at radius 3 is 2.09 bits per heavy atom. The van der Waals surface area contributed by atoms with Crippen LogP contribution in [0.15, 0.2) is 12.1 Å². The molecule has 5 nitrogen and oxygen atoms in total. The number of hydrogen-bond donors (Lipinski definition) is 2. The van der Waals surface area contributed by atoms with E-state index in [4.69, 9.17) is 5.11 Å². The molecule has 12 heteroatoms. The molecule has 0 aliphatic carbocycles. The highest BCUT2D eigenvalue weighted by Crippen LogP contribution is 2.36. The van der Waals surface area contributed by atoms with Crippen LogP contribution >= 0.6 is 45.2 Å². The van der Waals surface area contributed by atoms with Crippen molar-refractivity contribution in [3.05, 3.63) is 24.8 Å². The molecule has 128 valence electrons. The fourth-order valence-electron chi connectivity index (χ4n) is 1.35. The van der Waals surface area contributed by atoms with Gasteiger partial charge in [-0.05, 0) is 57.3 Å². The third-order valence-electron chi connectivity index (χ3n) is 2.38. The van der Waals surface area contributed by atoms with Crippen molar-refractivity contribution in [1.29, 1.82) is 0 Å². The lowest BCUT2D eigenvalue weighted by Gasteiger charge is -2.25. The number of carbonyl (C=O) groups excluding carboxylic acids is 1. The van der Waals surface area contributed by atoms with Crippen molar-refractivity contribution in [3.8, 4) is 5.75 Å². The molecule has 0 bridgehead atoms. The van der Waals surface area contributed by atoms with Crippen molar-refractivity contribution in [3.63, 3.8) is 0 Å². The fraction of sp³-hybridized carbons (Fsp3) is 0.273. The molecule has 0 radical (unpaired) electrons. The van der Waals surface area contributed by atoms with Gasteiger partial charge >= 0.3 is 24.0 Å². The van der Waals surface area contributed by atoms with Crippen molar-refractivity contribution in [1.82, 2.24) is 0 Å². The van der Waals surface area contributed by atoms with Crippen LogP contribution in [-0.2, 0) is 9.53 Å². The lowest BCUT2D eigenvalue weighted by Crippen LogP contribution is -2.52. The number of alkyl halides is 5. The van der Waals surface area contributed by atoms with Crippen LogP contribution < -0.4 is 0 Å². The molecule has 2 N–H and O–H groups in total. The van der Waals surface area contributed by atoms with Gasteiger partial charge in [0.1, 0.15) is 11.3 Å². The molecule has 0 aromatic heterocycles. The lowest BCUT2D eigenvalue weighted by molar-refractivity contribution is -0.268. The van der Waals surface area contributed by atoms with Gasteiger partial charge < -0.3 is 14.9 Å². The molecule has 1 atom stereocenters. The van der Waals surface area contributed by atoms with Gasteiger partial charge in [-0.25, -0.2) is 9.59 Å². The number of ether oxygens (including phenoxy) is 1. The fourth-order valence-corrected chi connectivity index (χ4v) is 3.20. The molecular formula is C11H5F5I2O5. The van der Waals surface area contributed by atoms with Crippen LogP contribution in [0.5, 0.6) is 5.75 Å². The number of carboxylic acid groups (broad SMARTS) is 1. The molecular weight excluding hydrogens is 561 g/mol. The van der Waals surface area contributed by atoms with Crippen LogP contribution in [0.25, 0.3) is 0 Å². The van der Waals surface area contributed by atoms with E-state index in [1.165, 1.54) is 6.07 Å². The Labute approximate surface area is 152 Å². The summed E-state index contributed by atoms with van der Waals surface area (Å²) < 4.78 is 68.3. The zero-order valence-electron chi connectivity index (χ0n) is 10.5. The van der Waals surface area contributed by atoms with Crippen LogP contribution in [-0.4, -0.2) is 40.4 Å². The van der Waals surface area contributed by atoms with Gasteiger partial charge in [0, 0.05) is 3.57 Å². The van der Waals surface area contributed by atoms with Crippen molar-refractivity contribution >= 4 is 57.1 Å². The minimum absolute atomic E-state index is 0.0648. The molecule has 0 spiro atoms. The van der Waals surface area contributed by atoms with Gasteiger partial charge in [0.15, 0.2) is 0 Å². The van der Waals surface area contributed by atoms with Gasteiger partial charge in [0.2, 0.25) is 0 Å². The first kappa shape index (κ1) is 20.1. The zero-order chi connectivity index (χ0) is 18.2. The first-order valence-electron chi connectivity index (χ1n) is 5.35. The SMILES string of the molecule is O=C(OC(C(F)(F)F)C(F)(F)C(=O)O)c1cc(I)cc(I)c1O. The minimum Gasteiger partial charge on any atom is -0.506 e. The summed E-state index contributed by atoms with van der Waals surface area (Å²) in [6.45, 7) is 0. The molecule has 1 aromatic carbocycles. The van der Waals surface area contributed by atoms with E-state index < -0.39 is 41.5 Å². The maximum Gasteiger partial charge on any atom is 0.432 e. The van der Waals surface area contributed by atoms with Crippen molar-refractivity contribution in [2.24, 2.45) is 0 Å². The number of aliphatic carboxylic acids is 1. The summed E-state index contributed by atoms with van der Waals surface area (Å²) >= 11 is 3.23. The lowest BCUT2D eigenvalue weighted by atomic mass is 10.1. The van der Waals surface area contributed by atoms with E-state index in [0.717, 1.165) is 6.07 Å². The Morgan fingerprint density at radius 2 is 1.65 bits per heavy atom. The number of halogens is 7. The Bertz CT molecular complexity index is 646. The highest BCUT2D eigenvalue weighted by molar-refractivity contribution is 14.1. The number of esters is 1. The van der Waals surface area contributed by atoms with E-state index in [-0.39, 0.29) is 3.57 Å². The van der Waals surface area contributed by atoms with Crippen LogP contribution in [0.1, 0.15) is 10.4 Å². The van der Waals surface area contributed by atoms with E-state index in [1.807, 2.05) is 0 Å². The van der Waals surface area contributed by atoms with Crippen molar-refractivity contribution in [2.45, 2.75) is 18.2 Å². The summed E-state index contributed by atoms with van der Waals surface area (Å²) in [7, 11) is 0. The maximum atomic E-state index is 13.2. The summed E-state index contributed by atoms with van der Waals surface area (Å²) in [6.07, 6.45) is -10.0. The van der Waals surface area contributed by atoms with E-state index in [9.17, 15) is 36.6 Å². The smallest absolute Gasteiger partial charge is 0.432 e. The second kappa shape index (κ2) is 6.90. The quantitative estimate of drug-likeness (QED) is 0.332. The number of benzene rings is 1. The van der Waals surface area contributed by atoms with Crippen LogP contribution in [0.4, 0.5) is 22.0 Å². The summed E-state index contributed by atoms with van der Waals surface area (Å²) in [5, 5.41) is 17.8. The Balaban J connectivity index is 3.26. The molecule has 0 aliphatic rings. The highest BCUT2D eigenvalue weighted by atomic mass is 127. The maximum absolute atomic E-state index is 13.2.